The van der Waals surface area contributed by atoms with E-state index in [1.54, 1.807) is 19.2 Å². The molecule has 6 heteroatoms. The topological polar surface area (TPSA) is 59.9 Å². The Hall–Kier alpha value is -2.89. The minimum Gasteiger partial charge on any atom is -0.495 e. The molecular weight excluding hydrogens is 347 g/mol. The van der Waals surface area contributed by atoms with E-state index in [0.29, 0.717) is 22.7 Å². The average Bonchev–Trinajstić information content (AvgIpc) is 3.11. The number of carbonyl (C=O) groups is 1. The van der Waals surface area contributed by atoms with E-state index in [-0.39, 0.29) is 23.6 Å². The van der Waals surface area contributed by atoms with Gasteiger partial charge in [-0.3, -0.25) is 4.79 Å². The number of nitrogens with one attached hydrogen (secondary N) is 1. The van der Waals surface area contributed by atoms with Crippen LogP contribution in [0, 0.1) is 5.82 Å². The first-order valence-electron chi connectivity index (χ1n) is 8.76. The summed E-state index contributed by atoms with van der Waals surface area (Å²) in [4.78, 5) is 17.9. The Kier molecular flexibility index (Phi) is 5.17. The summed E-state index contributed by atoms with van der Waals surface area (Å²) in [6.07, 6.45) is -0.498. The van der Waals surface area contributed by atoms with Crippen LogP contribution >= 0.6 is 0 Å². The van der Waals surface area contributed by atoms with Crippen molar-refractivity contribution in [1.29, 1.82) is 0 Å². The van der Waals surface area contributed by atoms with Crippen LogP contribution in [0.25, 0.3) is 0 Å². The molecule has 142 valence electrons. The second-order valence-corrected chi connectivity index (χ2v) is 7.50. The summed E-state index contributed by atoms with van der Waals surface area (Å²) in [7, 11) is 1.55. The van der Waals surface area contributed by atoms with Gasteiger partial charge in [-0.1, -0.05) is 44.1 Å². The summed E-state index contributed by atoms with van der Waals surface area (Å²) in [6, 6.07) is 11.8. The summed E-state index contributed by atoms with van der Waals surface area (Å²) < 4.78 is 18.7. The molecule has 2 aromatic rings. The molecule has 27 heavy (non-hydrogen) atoms. The monoisotopic (exact) mass is 370 g/mol. The highest BCUT2D eigenvalue weighted by Crippen LogP contribution is 2.32. The van der Waals surface area contributed by atoms with Crippen molar-refractivity contribution in [3.05, 3.63) is 59.4 Å². The third kappa shape index (κ3) is 4.27. The molecule has 1 aliphatic rings. The van der Waals surface area contributed by atoms with Crippen molar-refractivity contribution in [3.8, 4) is 5.75 Å². The van der Waals surface area contributed by atoms with Gasteiger partial charge in [-0.15, -0.1) is 0 Å². The number of rotatable bonds is 4. The minimum atomic E-state index is -0.772. The first kappa shape index (κ1) is 18.9. The van der Waals surface area contributed by atoms with E-state index >= 15 is 0 Å². The van der Waals surface area contributed by atoms with Crippen LogP contribution < -0.4 is 10.1 Å². The van der Waals surface area contributed by atoms with Gasteiger partial charge >= 0.3 is 0 Å². The molecule has 1 atom stereocenters. The van der Waals surface area contributed by atoms with E-state index in [2.05, 4.69) is 31.2 Å². The molecule has 1 amide bonds. The number of carbonyl (C=O) groups excluding carboxylic acids is 1. The van der Waals surface area contributed by atoms with Crippen molar-refractivity contribution in [1.82, 2.24) is 0 Å². The molecule has 5 nitrogen and oxygen atoms in total. The van der Waals surface area contributed by atoms with Gasteiger partial charge in [0.25, 0.3) is 5.91 Å². The van der Waals surface area contributed by atoms with E-state index in [0.717, 1.165) is 5.56 Å². The predicted octanol–water partition coefficient (Wildman–Crippen LogP) is 4.26. The lowest BCUT2D eigenvalue weighted by molar-refractivity contribution is -0.125. The normalized spacial score (nSPS) is 16.5. The number of benzene rings is 2. The van der Waals surface area contributed by atoms with Crippen LogP contribution in [-0.2, 0) is 15.0 Å². The average molecular weight is 370 g/mol. The van der Waals surface area contributed by atoms with Crippen LogP contribution in [0.1, 0.15) is 38.3 Å². The Labute approximate surface area is 158 Å². The Morgan fingerprint density at radius 1 is 1.26 bits per heavy atom. The number of ether oxygens (including phenoxy) is 1. The van der Waals surface area contributed by atoms with E-state index < -0.39 is 6.10 Å². The van der Waals surface area contributed by atoms with Crippen molar-refractivity contribution in [2.75, 3.05) is 12.4 Å². The maximum absolute atomic E-state index is 13.4. The first-order chi connectivity index (χ1) is 12.8. The molecule has 1 heterocycles. The van der Waals surface area contributed by atoms with Crippen molar-refractivity contribution >= 4 is 17.3 Å². The highest BCUT2D eigenvalue weighted by atomic mass is 19.1. The second kappa shape index (κ2) is 7.39. The standard InChI is InChI=1S/C21H23FN2O3/c1-21(2,3)14-8-9-18(26-4)17(11-14)23-20(25)19-12-16(24-27-19)13-6-5-7-15(22)10-13/h5-11,19H,12H2,1-4H3,(H,23,25)/t19-/m1/s1. The summed E-state index contributed by atoms with van der Waals surface area (Å²) in [5.74, 6) is -0.109. The zero-order valence-electron chi connectivity index (χ0n) is 15.9. The van der Waals surface area contributed by atoms with Gasteiger partial charge in [0.1, 0.15) is 11.6 Å². The van der Waals surface area contributed by atoms with E-state index in [4.69, 9.17) is 9.57 Å². The Morgan fingerprint density at radius 3 is 2.70 bits per heavy atom. The molecule has 0 saturated carbocycles. The SMILES string of the molecule is COc1ccc(C(C)(C)C)cc1NC(=O)[C@H]1CC(c2cccc(F)c2)=NO1. The molecule has 0 radical (unpaired) electrons. The maximum Gasteiger partial charge on any atom is 0.268 e. The van der Waals surface area contributed by atoms with Gasteiger partial charge in [0.2, 0.25) is 6.10 Å². The summed E-state index contributed by atoms with van der Waals surface area (Å²) in [5, 5.41) is 6.81. The minimum absolute atomic E-state index is 0.0662. The zero-order valence-corrected chi connectivity index (χ0v) is 15.9. The van der Waals surface area contributed by atoms with Crippen LogP contribution in [0.4, 0.5) is 10.1 Å². The number of halogens is 1. The molecule has 0 spiro atoms. The molecule has 0 fully saturated rings. The number of hydrogen-bond donors (Lipinski definition) is 1. The largest absolute Gasteiger partial charge is 0.495 e. The molecular formula is C21H23FN2O3. The van der Waals surface area contributed by atoms with Gasteiger partial charge in [0.05, 0.1) is 18.5 Å². The van der Waals surface area contributed by atoms with Crippen LogP contribution in [0.15, 0.2) is 47.6 Å². The van der Waals surface area contributed by atoms with E-state index in [1.807, 2.05) is 18.2 Å². The summed E-state index contributed by atoms with van der Waals surface area (Å²) in [6.45, 7) is 6.29. The van der Waals surface area contributed by atoms with Crippen LogP contribution in [0.5, 0.6) is 5.75 Å². The summed E-state index contributed by atoms with van der Waals surface area (Å²) in [5.41, 5.74) is 2.74. The molecule has 0 aliphatic carbocycles. The fraction of sp³-hybridized carbons (Fsp3) is 0.333. The zero-order chi connectivity index (χ0) is 19.6. The number of nitrogens with zero attached hydrogens (tertiary/aromatic N) is 1. The second-order valence-electron chi connectivity index (χ2n) is 7.50. The van der Waals surface area contributed by atoms with Crippen molar-refractivity contribution in [2.24, 2.45) is 5.16 Å². The van der Waals surface area contributed by atoms with Crippen molar-refractivity contribution in [2.45, 2.75) is 38.7 Å². The van der Waals surface area contributed by atoms with Gasteiger partial charge in [0.15, 0.2) is 0 Å². The Bertz CT molecular complexity index is 887. The van der Waals surface area contributed by atoms with Gasteiger partial charge < -0.3 is 14.9 Å². The highest BCUT2D eigenvalue weighted by Gasteiger charge is 2.30. The number of oxime groups is 1. The lowest BCUT2D eigenvalue weighted by Crippen LogP contribution is -2.28. The molecule has 0 aromatic heterocycles. The van der Waals surface area contributed by atoms with Crippen LogP contribution in [-0.4, -0.2) is 24.8 Å². The predicted molar refractivity (Wildman–Crippen MR) is 103 cm³/mol. The van der Waals surface area contributed by atoms with E-state index in [9.17, 15) is 9.18 Å². The lowest BCUT2D eigenvalue weighted by atomic mass is 9.87. The lowest BCUT2D eigenvalue weighted by Gasteiger charge is -2.21. The van der Waals surface area contributed by atoms with Crippen molar-refractivity contribution < 1.29 is 18.8 Å². The molecule has 1 aliphatic heterocycles. The first-order valence-corrected chi connectivity index (χ1v) is 8.76. The molecule has 0 saturated heterocycles. The van der Waals surface area contributed by atoms with Gasteiger partial charge in [0, 0.05) is 12.0 Å². The van der Waals surface area contributed by atoms with E-state index in [1.165, 1.54) is 12.1 Å². The maximum atomic E-state index is 13.4. The number of anilines is 1. The quantitative estimate of drug-likeness (QED) is 0.875. The third-order valence-corrected chi connectivity index (χ3v) is 4.44. The molecule has 2 aromatic carbocycles. The fourth-order valence-electron chi connectivity index (χ4n) is 2.84. The number of methoxy groups -OCH3 is 1. The Balaban J connectivity index is 1.73. The highest BCUT2D eigenvalue weighted by molar-refractivity contribution is 6.06. The molecule has 0 unspecified atom stereocenters. The molecule has 0 bridgehead atoms. The van der Waals surface area contributed by atoms with Gasteiger partial charge in [-0.2, -0.15) is 0 Å². The van der Waals surface area contributed by atoms with Gasteiger partial charge in [-0.05, 0) is 35.2 Å². The third-order valence-electron chi connectivity index (χ3n) is 4.44. The smallest absolute Gasteiger partial charge is 0.268 e. The molecule has 3 rings (SSSR count). The Morgan fingerprint density at radius 2 is 2.04 bits per heavy atom. The number of hydrogen-bond acceptors (Lipinski definition) is 4. The number of amides is 1. The van der Waals surface area contributed by atoms with Crippen LogP contribution in [0.3, 0.4) is 0 Å². The van der Waals surface area contributed by atoms with Crippen LogP contribution in [0.2, 0.25) is 0 Å². The summed E-state index contributed by atoms with van der Waals surface area (Å²) >= 11 is 0. The van der Waals surface area contributed by atoms with Crippen molar-refractivity contribution in [3.63, 3.8) is 0 Å². The molecule has 1 N–H and O–H groups in total. The van der Waals surface area contributed by atoms with Gasteiger partial charge in [-0.25, -0.2) is 4.39 Å². The fourth-order valence-corrected chi connectivity index (χ4v) is 2.84.